The Hall–Kier alpha value is 1.39. The van der Waals surface area contributed by atoms with Gasteiger partial charge in [0.05, 0.1) is 0 Å². The Balaban J connectivity index is 0.000000250. The van der Waals surface area contributed by atoms with E-state index >= 15 is 0 Å². The van der Waals surface area contributed by atoms with E-state index in [1.54, 1.807) is 0 Å². The number of nitrogens with two attached hydrogens (primary N) is 1. The molecule has 0 amide bonds. The Morgan fingerprint density at radius 1 is 1.67 bits per heavy atom. The number of hydrogen-bond acceptors (Lipinski definition) is 1. The molecule has 1 rings (SSSR count). The molecule has 0 aliphatic carbocycles. The first-order valence-electron chi connectivity index (χ1n) is 1.88. The molecule has 2 unspecified atom stereocenters. The van der Waals surface area contributed by atoms with Crippen molar-refractivity contribution in [1.29, 1.82) is 0 Å². The molecule has 0 aromatic heterocycles. The quantitative estimate of drug-likeness (QED) is 0.339. The van der Waals surface area contributed by atoms with Gasteiger partial charge in [-0.2, -0.15) is 0 Å². The summed E-state index contributed by atoms with van der Waals surface area (Å²) in [5.41, 5.74) is 5.39. The van der Waals surface area contributed by atoms with E-state index < -0.39 is 0 Å². The minimum atomic E-state index is 0. The van der Waals surface area contributed by atoms with Crippen LogP contribution in [0.15, 0.2) is 0 Å². The molecular weight excluding hydrogens is 104 g/mol. The predicted molar refractivity (Wildman–Crippen MR) is 32.9 cm³/mol. The zero-order valence-electron chi connectivity index (χ0n) is 3.07. The number of rotatable bonds is 0. The standard InChI is InChI=1S/C3H8NP.Na.H/c4-3-1-2-5-3;;/h3,5H,1-2,4H2;;. The van der Waals surface area contributed by atoms with E-state index in [4.69, 9.17) is 5.73 Å². The molecule has 1 nitrogen and oxygen atoms in total. The first-order chi connectivity index (χ1) is 2.39. The van der Waals surface area contributed by atoms with Crippen LogP contribution in [0, 0.1) is 0 Å². The van der Waals surface area contributed by atoms with Gasteiger partial charge in [-0.1, -0.05) is 0 Å². The monoisotopic (exact) mass is 113 g/mol. The predicted octanol–water partition coefficient (Wildman–Crippen LogP) is -0.295. The Labute approximate surface area is 62.1 Å². The number of hydrogen-bond donors (Lipinski definition) is 1. The van der Waals surface area contributed by atoms with Crippen molar-refractivity contribution in [1.82, 2.24) is 0 Å². The molecule has 1 heterocycles. The third kappa shape index (κ3) is 1.90. The van der Waals surface area contributed by atoms with Crippen molar-refractivity contribution < 1.29 is 0 Å². The Bertz CT molecular complexity index is 37.8. The maximum atomic E-state index is 5.39. The van der Waals surface area contributed by atoms with Gasteiger partial charge in [-0.05, 0) is 12.6 Å². The first kappa shape index (κ1) is 7.39. The summed E-state index contributed by atoms with van der Waals surface area (Å²) in [7, 11) is 1.07. The van der Waals surface area contributed by atoms with E-state index in [0.717, 1.165) is 8.58 Å². The second kappa shape index (κ2) is 3.40. The van der Waals surface area contributed by atoms with Crippen LogP contribution in [-0.4, -0.2) is 41.5 Å². The van der Waals surface area contributed by atoms with Crippen LogP contribution in [0.1, 0.15) is 6.42 Å². The van der Waals surface area contributed by atoms with Gasteiger partial charge in [0.25, 0.3) is 0 Å². The van der Waals surface area contributed by atoms with Crippen LogP contribution < -0.4 is 5.73 Å². The fourth-order valence-electron chi connectivity index (χ4n) is 0.311. The third-order valence-corrected chi connectivity index (χ3v) is 2.25. The summed E-state index contributed by atoms with van der Waals surface area (Å²) in [6.07, 6.45) is 2.67. The summed E-state index contributed by atoms with van der Waals surface area (Å²) in [4.78, 5) is 0. The molecular formula is C3H9NNaP. The second-order valence-corrected chi connectivity index (χ2v) is 3.00. The van der Waals surface area contributed by atoms with Gasteiger partial charge < -0.3 is 5.73 Å². The van der Waals surface area contributed by atoms with Crippen molar-refractivity contribution in [3.05, 3.63) is 0 Å². The molecule has 1 saturated heterocycles. The molecule has 1 aliphatic heterocycles. The molecule has 2 atom stereocenters. The molecule has 0 saturated carbocycles. The summed E-state index contributed by atoms with van der Waals surface area (Å²) in [5.74, 6) is 0.593. The van der Waals surface area contributed by atoms with E-state index in [1.165, 1.54) is 12.6 Å². The summed E-state index contributed by atoms with van der Waals surface area (Å²) < 4.78 is 0. The van der Waals surface area contributed by atoms with E-state index in [-0.39, 0.29) is 29.6 Å². The molecule has 0 aromatic rings. The van der Waals surface area contributed by atoms with Crippen LogP contribution in [0.4, 0.5) is 0 Å². The van der Waals surface area contributed by atoms with Crippen molar-refractivity contribution in [2.45, 2.75) is 12.2 Å². The molecule has 0 spiro atoms. The zero-order chi connectivity index (χ0) is 3.70. The maximum absolute atomic E-state index is 5.39. The SMILES string of the molecule is NC1CCP1.[NaH]. The molecule has 0 radical (unpaired) electrons. The van der Waals surface area contributed by atoms with Crippen LogP contribution >= 0.6 is 8.58 Å². The van der Waals surface area contributed by atoms with Gasteiger partial charge in [-0.3, -0.25) is 0 Å². The summed E-state index contributed by atoms with van der Waals surface area (Å²) >= 11 is 0. The van der Waals surface area contributed by atoms with Gasteiger partial charge in [0, 0.05) is 5.78 Å². The van der Waals surface area contributed by atoms with Crippen LogP contribution in [0.5, 0.6) is 0 Å². The van der Waals surface area contributed by atoms with Crippen LogP contribution in [0.25, 0.3) is 0 Å². The molecule has 32 valence electrons. The fourth-order valence-corrected chi connectivity index (χ4v) is 0.933. The van der Waals surface area contributed by atoms with Gasteiger partial charge in [0.2, 0.25) is 0 Å². The van der Waals surface area contributed by atoms with Gasteiger partial charge in [-0.15, -0.1) is 8.58 Å². The van der Waals surface area contributed by atoms with Gasteiger partial charge >= 0.3 is 29.6 Å². The summed E-state index contributed by atoms with van der Waals surface area (Å²) in [5, 5.41) is 0. The summed E-state index contributed by atoms with van der Waals surface area (Å²) in [6, 6.07) is 0. The molecule has 3 heteroatoms. The average Bonchev–Trinajstić information content (AvgIpc) is 1.30. The molecule has 6 heavy (non-hydrogen) atoms. The molecule has 2 N–H and O–H groups in total. The summed E-state index contributed by atoms with van der Waals surface area (Å²) in [6.45, 7) is 0. The molecule has 0 aromatic carbocycles. The normalized spacial score (nSPS) is 34.5. The van der Waals surface area contributed by atoms with Crippen molar-refractivity contribution in [2.75, 3.05) is 6.16 Å². The Morgan fingerprint density at radius 3 is 2.00 bits per heavy atom. The average molecular weight is 113 g/mol. The van der Waals surface area contributed by atoms with Crippen molar-refractivity contribution in [3.8, 4) is 0 Å². The van der Waals surface area contributed by atoms with E-state index in [9.17, 15) is 0 Å². The van der Waals surface area contributed by atoms with Gasteiger partial charge in [-0.25, -0.2) is 0 Å². The van der Waals surface area contributed by atoms with Crippen molar-refractivity contribution in [2.24, 2.45) is 5.73 Å². The van der Waals surface area contributed by atoms with Gasteiger partial charge in [0.1, 0.15) is 0 Å². The van der Waals surface area contributed by atoms with Crippen molar-refractivity contribution in [3.63, 3.8) is 0 Å². The van der Waals surface area contributed by atoms with E-state index in [2.05, 4.69) is 0 Å². The van der Waals surface area contributed by atoms with Crippen LogP contribution in [-0.2, 0) is 0 Å². The van der Waals surface area contributed by atoms with Crippen LogP contribution in [0.3, 0.4) is 0 Å². The Kier molecular flexibility index (Phi) is 4.19. The van der Waals surface area contributed by atoms with Gasteiger partial charge in [0.15, 0.2) is 0 Å². The second-order valence-electron chi connectivity index (χ2n) is 1.35. The minimum absolute atomic E-state index is 0. The van der Waals surface area contributed by atoms with E-state index in [1.807, 2.05) is 0 Å². The zero-order valence-corrected chi connectivity index (χ0v) is 4.07. The molecule has 1 fully saturated rings. The Morgan fingerprint density at radius 2 is 2.00 bits per heavy atom. The fraction of sp³-hybridized carbons (Fsp3) is 1.00. The molecule has 0 bridgehead atoms. The third-order valence-electron chi connectivity index (χ3n) is 0.862. The van der Waals surface area contributed by atoms with Crippen LogP contribution in [0.2, 0.25) is 0 Å². The van der Waals surface area contributed by atoms with E-state index in [0.29, 0.717) is 5.78 Å². The topological polar surface area (TPSA) is 26.0 Å². The molecule has 1 aliphatic rings. The van der Waals surface area contributed by atoms with Crippen molar-refractivity contribution >= 4 is 38.1 Å². The first-order valence-corrected chi connectivity index (χ1v) is 3.17.